The summed E-state index contributed by atoms with van der Waals surface area (Å²) in [4.78, 5) is 28.9. The van der Waals surface area contributed by atoms with Crippen LogP contribution < -0.4 is 20.5 Å². The van der Waals surface area contributed by atoms with E-state index in [0.717, 1.165) is 36.5 Å². The van der Waals surface area contributed by atoms with E-state index in [-0.39, 0.29) is 56.4 Å². The monoisotopic (exact) mass is 659 g/mol. The number of primary amides is 1. The number of aliphatic hydroxyl groups is 1. The highest BCUT2D eigenvalue weighted by molar-refractivity contribution is 6.30. The zero-order valence-electron chi connectivity index (χ0n) is 23.4. The largest absolute Gasteiger partial charge is 0.494 e. The van der Waals surface area contributed by atoms with Crippen molar-refractivity contribution in [1.29, 1.82) is 0 Å². The van der Waals surface area contributed by atoms with E-state index in [0.29, 0.717) is 4.68 Å². The Morgan fingerprint density at radius 2 is 1.89 bits per heavy atom. The summed E-state index contributed by atoms with van der Waals surface area (Å²) in [6.07, 6.45) is -5.22. The molecule has 1 atom stereocenters. The van der Waals surface area contributed by atoms with E-state index in [1.807, 2.05) is 5.32 Å². The summed E-state index contributed by atoms with van der Waals surface area (Å²) in [5.41, 5.74) is -0.662. The first kappa shape index (κ1) is 33.3. The Morgan fingerprint density at radius 1 is 1.18 bits per heavy atom. The number of aromatic nitrogens is 3. The molecule has 0 aliphatic rings. The Labute approximate surface area is 255 Å². The second kappa shape index (κ2) is 12.8. The van der Waals surface area contributed by atoms with Gasteiger partial charge in [-0.1, -0.05) is 17.7 Å². The highest BCUT2D eigenvalue weighted by Crippen LogP contribution is 2.42. The smallest absolute Gasteiger partial charge is 0.424 e. The number of nitrogens with zero attached hydrogens (tertiary/aromatic N) is 3. The third-order valence-electron chi connectivity index (χ3n) is 6.57. The number of nitrogens with two attached hydrogens (primary N) is 1. The molecule has 240 valence electrons. The lowest BCUT2D eigenvalue weighted by Crippen LogP contribution is -2.51. The van der Waals surface area contributed by atoms with E-state index < -0.39 is 54.6 Å². The van der Waals surface area contributed by atoms with E-state index in [1.165, 1.54) is 13.2 Å². The Hall–Kier alpha value is -4.57. The average molecular weight is 660 g/mol. The van der Waals surface area contributed by atoms with E-state index >= 15 is 0 Å². The molecule has 0 aliphatic carbocycles. The van der Waals surface area contributed by atoms with Gasteiger partial charge in [0.25, 0.3) is 5.91 Å². The van der Waals surface area contributed by atoms with Gasteiger partial charge in [0.15, 0.2) is 0 Å². The maximum absolute atomic E-state index is 14.6. The highest BCUT2D eigenvalue weighted by atomic mass is 35.5. The third kappa shape index (κ3) is 6.76. The maximum atomic E-state index is 14.6. The summed E-state index contributed by atoms with van der Waals surface area (Å²) in [5, 5.41) is 16.5. The molecule has 2 heterocycles. The van der Waals surface area contributed by atoms with Crippen LogP contribution in [0.5, 0.6) is 11.5 Å². The van der Waals surface area contributed by atoms with Gasteiger partial charge in [0.1, 0.15) is 28.5 Å². The van der Waals surface area contributed by atoms with E-state index in [2.05, 4.69) is 10.1 Å². The van der Waals surface area contributed by atoms with E-state index in [4.69, 9.17) is 26.8 Å². The number of halogens is 7. The molecule has 0 aliphatic heterocycles. The molecule has 2 aromatic carbocycles. The first-order valence-corrected chi connectivity index (χ1v) is 13.3. The summed E-state index contributed by atoms with van der Waals surface area (Å²) < 4.78 is 95.4. The Kier molecular flexibility index (Phi) is 9.48. The number of hydrogen-bond acceptors (Lipinski definition) is 7. The summed E-state index contributed by atoms with van der Waals surface area (Å²) >= 11 is 5.76. The second-order valence-corrected chi connectivity index (χ2v) is 10.0. The SMILES string of the molecule is CCOc1c(CC(N)=O)cc([C@@](O)(CNC(=O)c2cc(OC)c3nn(C(F)F)cc3c2)C(F)(F)F)nc1-c1ccc(Cl)c(F)c1. The molecule has 4 aromatic rings. The van der Waals surface area contributed by atoms with Crippen molar-refractivity contribution in [2.45, 2.75) is 31.7 Å². The van der Waals surface area contributed by atoms with Gasteiger partial charge in [-0.25, -0.2) is 14.1 Å². The summed E-state index contributed by atoms with van der Waals surface area (Å²) in [5.74, 6) is -3.37. The van der Waals surface area contributed by atoms with E-state index in [1.54, 1.807) is 6.92 Å². The van der Waals surface area contributed by atoms with Crippen LogP contribution in [0.15, 0.2) is 42.6 Å². The number of carbonyl (C=O) groups excluding carboxylic acids is 2. The standard InChI is InChI=1S/C28H24ClF6N5O5/c1-3-45-24-14(10-21(36)41)9-20(38-23(24)13-4-5-17(29)18(30)7-13)27(43,28(33,34)35)12-37-25(42)15-6-16-11-40(26(31)32)39-22(16)19(8-15)44-2/h4-9,11,26,43H,3,10,12H2,1-2H3,(H2,36,41)(H,37,42)/t27-/m0/s1. The predicted octanol–water partition coefficient (Wildman–Crippen LogP) is 4.90. The molecule has 2 aromatic heterocycles. The van der Waals surface area contributed by atoms with Crippen molar-refractivity contribution in [3.63, 3.8) is 0 Å². The molecule has 0 fully saturated rings. The van der Waals surface area contributed by atoms with Crippen molar-refractivity contribution in [2.24, 2.45) is 5.73 Å². The molecule has 0 saturated carbocycles. The quantitative estimate of drug-likeness (QED) is 0.195. The molecule has 0 saturated heterocycles. The van der Waals surface area contributed by atoms with Crippen molar-refractivity contribution >= 4 is 34.3 Å². The molecule has 0 radical (unpaired) electrons. The van der Waals surface area contributed by atoms with Crippen molar-refractivity contribution in [1.82, 2.24) is 20.1 Å². The Morgan fingerprint density at radius 3 is 2.47 bits per heavy atom. The number of benzene rings is 2. The van der Waals surface area contributed by atoms with Crippen molar-refractivity contribution in [3.8, 4) is 22.8 Å². The normalized spacial score (nSPS) is 13.1. The first-order chi connectivity index (χ1) is 21.1. The third-order valence-corrected chi connectivity index (χ3v) is 6.87. The van der Waals surface area contributed by atoms with Crippen LogP contribution in [0, 0.1) is 5.82 Å². The Balaban J connectivity index is 1.81. The summed E-state index contributed by atoms with van der Waals surface area (Å²) in [6, 6.07) is 6.15. The maximum Gasteiger partial charge on any atom is 0.424 e. The van der Waals surface area contributed by atoms with Crippen LogP contribution in [-0.4, -0.2) is 58.1 Å². The number of fused-ring (bicyclic) bond motifs is 1. The molecule has 0 spiro atoms. The minimum atomic E-state index is -5.48. The number of ether oxygens (including phenoxy) is 2. The minimum Gasteiger partial charge on any atom is -0.494 e. The highest BCUT2D eigenvalue weighted by Gasteiger charge is 2.56. The van der Waals surface area contributed by atoms with Crippen LogP contribution in [0.1, 0.15) is 35.1 Å². The fraction of sp³-hybridized carbons (Fsp3) is 0.286. The first-order valence-electron chi connectivity index (χ1n) is 12.9. The number of pyridine rings is 1. The fourth-order valence-electron chi connectivity index (χ4n) is 4.42. The van der Waals surface area contributed by atoms with Gasteiger partial charge < -0.3 is 25.6 Å². The number of amides is 2. The second-order valence-electron chi connectivity index (χ2n) is 9.59. The number of rotatable bonds is 11. The zero-order chi connectivity index (χ0) is 33.3. The minimum absolute atomic E-state index is 0.0231. The number of nitrogens with one attached hydrogen (secondary N) is 1. The summed E-state index contributed by atoms with van der Waals surface area (Å²) in [6.45, 7) is -3.02. The lowest BCUT2D eigenvalue weighted by Gasteiger charge is -2.31. The van der Waals surface area contributed by atoms with Crippen LogP contribution in [-0.2, 0) is 16.8 Å². The molecular formula is C28H24ClF6N5O5. The van der Waals surface area contributed by atoms with Crippen LogP contribution in [0.25, 0.3) is 22.2 Å². The zero-order valence-corrected chi connectivity index (χ0v) is 24.1. The number of methoxy groups -OCH3 is 1. The van der Waals surface area contributed by atoms with Crippen molar-refractivity contribution < 1.29 is 50.5 Å². The number of hydrogen-bond donors (Lipinski definition) is 3. The molecular weight excluding hydrogens is 636 g/mol. The number of carbonyl (C=O) groups is 2. The van der Waals surface area contributed by atoms with Gasteiger partial charge in [0, 0.05) is 28.3 Å². The lowest BCUT2D eigenvalue weighted by molar-refractivity contribution is -0.265. The van der Waals surface area contributed by atoms with Gasteiger partial charge in [-0.15, -0.1) is 0 Å². The molecule has 45 heavy (non-hydrogen) atoms. The van der Waals surface area contributed by atoms with Gasteiger partial charge in [-0.2, -0.15) is 27.1 Å². The van der Waals surface area contributed by atoms with Crippen LogP contribution >= 0.6 is 11.6 Å². The van der Waals surface area contributed by atoms with Gasteiger partial charge in [0.2, 0.25) is 11.5 Å². The van der Waals surface area contributed by atoms with E-state index in [9.17, 15) is 41.0 Å². The number of alkyl halides is 5. The molecule has 0 unspecified atom stereocenters. The van der Waals surface area contributed by atoms with Gasteiger partial charge in [0.05, 0.1) is 37.4 Å². The van der Waals surface area contributed by atoms with Crippen LogP contribution in [0.2, 0.25) is 5.02 Å². The molecule has 10 nitrogen and oxygen atoms in total. The topological polar surface area (TPSA) is 142 Å². The molecule has 0 bridgehead atoms. The lowest BCUT2D eigenvalue weighted by atomic mass is 9.93. The molecule has 4 rings (SSSR count). The molecule has 4 N–H and O–H groups in total. The molecule has 2 amide bonds. The van der Waals surface area contributed by atoms with Crippen LogP contribution in [0.3, 0.4) is 0 Å². The van der Waals surface area contributed by atoms with Gasteiger partial charge >= 0.3 is 12.7 Å². The fourth-order valence-corrected chi connectivity index (χ4v) is 4.53. The average Bonchev–Trinajstić information content (AvgIpc) is 3.41. The molecule has 17 heteroatoms. The van der Waals surface area contributed by atoms with Gasteiger partial charge in [-0.3, -0.25) is 9.59 Å². The van der Waals surface area contributed by atoms with Crippen molar-refractivity contribution in [3.05, 3.63) is 70.3 Å². The predicted molar refractivity (Wildman–Crippen MR) is 149 cm³/mol. The summed E-state index contributed by atoms with van der Waals surface area (Å²) in [7, 11) is 1.17. The van der Waals surface area contributed by atoms with Gasteiger partial charge in [-0.05, 0) is 37.3 Å². The van der Waals surface area contributed by atoms with Crippen LogP contribution in [0.4, 0.5) is 26.3 Å². The Bertz CT molecular complexity index is 1770. The van der Waals surface area contributed by atoms with Crippen molar-refractivity contribution in [2.75, 3.05) is 20.3 Å².